The van der Waals surface area contributed by atoms with Crippen LogP contribution in [0.4, 0.5) is 0 Å². The second-order valence-corrected chi connectivity index (χ2v) is 23.8. The number of carbonyl (C=O) groups is 3. The zero-order valence-electron chi connectivity index (χ0n) is 53.2. The first-order valence-corrected chi connectivity index (χ1v) is 35.1. The summed E-state index contributed by atoms with van der Waals surface area (Å²) in [5, 5.41) is 0. The minimum absolute atomic E-state index is 0.0774. The molecule has 1 unspecified atom stereocenters. The largest absolute Gasteiger partial charge is 0.462 e. The number of carbonyl (C=O) groups excluding carboxylic acids is 3. The van der Waals surface area contributed by atoms with E-state index in [1.54, 1.807) is 0 Å². The fourth-order valence-corrected chi connectivity index (χ4v) is 10.5. The van der Waals surface area contributed by atoms with Crippen LogP contribution >= 0.6 is 0 Å². The predicted molar refractivity (Wildman–Crippen MR) is 344 cm³/mol. The summed E-state index contributed by atoms with van der Waals surface area (Å²) in [6, 6.07) is 0. The van der Waals surface area contributed by atoms with Crippen LogP contribution in [0.3, 0.4) is 0 Å². The molecule has 0 radical (unpaired) electrons. The van der Waals surface area contributed by atoms with E-state index in [0.717, 1.165) is 89.9 Å². The summed E-state index contributed by atoms with van der Waals surface area (Å²) < 4.78 is 17.0. The normalized spacial score (nSPS) is 12.3. The Labute approximate surface area is 492 Å². The highest BCUT2D eigenvalue weighted by Gasteiger charge is 2.19. The van der Waals surface area contributed by atoms with Crippen LogP contribution in [0.25, 0.3) is 0 Å². The molecule has 0 spiro atoms. The molecule has 0 bridgehead atoms. The van der Waals surface area contributed by atoms with Crippen molar-refractivity contribution < 1.29 is 28.6 Å². The molecule has 0 amide bonds. The highest BCUT2D eigenvalue weighted by atomic mass is 16.6. The standard InChI is InChI=1S/C73H134O6/c1-4-7-10-13-16-19-22-25-28-30-32-33-34-35-36-37-38-39-40-42-43-45-48-51-54-57-60-63-66-72(75)78-69-70(68-77-71(74)65-62-59-56-53-50-47-27-24-21-18-15-12-9-6-3)79-73(76)67-64-61-58-55-52-49-46-44-41-31-29-26-23-20-17-14-11-8-5-2/h17,20,24,26-27,29,41,44,70H,4-16,18-19,21-23,25,28,30-40,42-43,45-69H2,1-3H3/b20-17-,27-24-,29-26-,44-41-. The highest BCUT2D eigenvalue weighted by molar-refractivity contribution is 5.71. The van der Waals surface area contributed by atoms with Gasteiger partial charge in [-0.15, -0.1) is 0 Å². The van der Waals surface area contributed by atoms with Crippen LogP contribution in [0, 0.1) is 0 Å². The topological polar surface area (TPSA) is 78.9 Å². The van der Waals surface area contributed by atoms with Gasteiger partial charge in [-0.1, -0.05) is 326 Å². The SMILES string of the molecule is CCCCC/C=C\C/C=C\C/C=C\CCCCCCCCC(=O)OC(COC(=O)CCCCCCC/C=C\CCCCCCC)COC(=O)CCCCCCCCCCCCCCCCCCCCCCCCCCCCCC. The van der Waals surface area contributed by atoms with Gasteiger partial charge < -0.3 is 14.2 Å². The van der Waals surface area contributed by atoms with Gasteiger partial charge in [0.1, 0.15) is 13.2 Å². The first kappa shape index (κ1) is 76.4. The maximum atomic E-state index is 12.9. The number of unbranched alkanes of at least 4 members (excludes halogenated alkanes) is 46. The molecule has 0 N–H and O–H groups in total. The van der Waals surface area contributed by atoms with E-state index in [9.17, 15) is 14.4 Å². The number of hydrogen-bond donors (Lipinski definition) is 0. The van der Waals surface area contributed by atoms with E-state index in [1.165, 1.54) is 250 Å². The Morgan fingerprint density at radius 2 is 0.456 bits per heavy atom. The van der Waals surface area contributed by atoms with Crippen molar-refractivity contribution in [1.29, 1.82) is 0 Å². The van der Waals surface area contributed by atoms with E-state index in [-0.39, 0.29) is 31.1 Å². The summed E-state index contributed by atoms with van der Waals surface area (Å²) in [4.78, 5) is 38.4. The number of hydrogen-bond acceptors (Lipinski definition) is 6. The van der Waals surface area contributed by atoms with Crippen LogP contribution in [0.5, 0.6) is 0 Å². The molecule has 0 heterocycles. The van der Waals surface area contributed by atoms with Crippen LogP contribution in [0.15, 0.2) is 48.6 Å². The molecule has 6 heteroatoms. The lowest BCUT2D eigenvalue weighted by molar-refractivity contribution is -0.167. The second kappa shape index (κ2) is 67.9. The van der Waals surface area contributed by atoms with E-state index >= 15 is 0 Å². The predicted octanol–water partition coefficient (Wildman–Crippen LogP) is 24.1. The molecule has 79 heavy (non-hydrogen) atoms. The molecule has 0 aliphatic rings. The third kappa shape index (κ3) is 66.1. The van der Waals surface area contributed by atoms with Gasteiger partial charge in [0.05, 0.1) is 0 Å². The van der Waals surface area contributed by atoms with Crippen molar-refractivity contribution in [1.82, 2.24) is 0 Å². The van der Waals surface area contributed by atoms with Crippen molar-refractivity contribution in [3.63, 3.8) is 0 Å². The minimum atomic E-state index is -0.783. The average molecular weight is 1110 g/mol. The van der Waals surface area contributed by atoms with Gasteiger partial charge in [0.2, 0.25) is 0 Å². The fraction of sp³-hybridized carbons (Fsp3) is 0.849. The van der Waals surface area contributed by atoms with Gasteiger partial charge in [0.25, 0.3) is 0 Å². The first-order valence-electron chi connectivity index (χ1n) is 35.1. The quantitative estimate of drug-likeness (QED) is 0.0261. The van der Waals surface area contributed by atoms with E-state index in [1.807, 2.05) is 0 Å². The number of ether oxygens (including phenoxy) is 3. The molecule has 0 aromatic rings. The van der Waals surface area contributed by atoms with Gasteiger partial charge in [0, 0.05) is 19.3 Å². The van der Waals surface area contributed by atoms with Gasteiger partial charge in [-0.05, 0) is 83.5 Å². The summed E-state index contributed by atoms with van der Waals surface area (Å²) in [5.74, 6) is -0.875. The Morgan fingerprint density at radius 3 is 0.747 bits per heavy atom. The summed E-state index contributed by atoms with van der Waals surface area (Å²) >= 11 is 0. The molecule has 0 aliphatic heterocycles. The van der Waals surface area contributed by atoms with Crippen LogP contribution in [0.1, 0.15) is 380 Å². The Kier molecular flexibility index (Phi) is 65.6. The fourth-order valence-electron chi connectivity index (χ4n) is 10.5. The number of allylic oxidation sites excluding steroid dienone is 8. The number of rotatable bonds is 65. The van der Waals surface area contributed by atoms with E-state index in [4.69, 9.17) is 14.2 Å². The van der Waals surface area contributed by atoms with E-state index < -0.39 is 6.10 Å². The monoisotopic (exact) mass is 1110 g/mol. The van der Waals surface area contributed by atoms with Crippen molar-refractivity contribution in [3.8, 4) is 0 Å². The Morgan fingerprint density at radius 1 is 0.253 bits per heavy atom. The third-order valence-corrected chi connectivity index (χ3v) is 15.8. The Bertz CT molecular complexity index is 1360. The van der Waals surface area contributed by atoms with E-state index in [0.29, 0.717) is 19.3 Å². The van der Waals surface area contributed by atoms with E-state index in [2.05, 4.69) is 69.4 Å². The summed E-state index contributed by atoms with van der Waals surface area (Å²) in [6.45, 7) is 6.65. The van der Waals surface area contributed by atoms with Gasteiger partial charge in [-0.3, -0.25) is 14.4 Å². The van der Waals surface area contributed by atoms with Crippen LogP contribution in [-0.4, -0.2) is 37.2 Å². The molecule has 0 saturated carbocycles. The average Bonchev–Trinajstić information content (AvgIpc) is 3.45. The molecule has 1 atom stereocenters. The maximum absolute atomic E-state index is 12.9. The lowest BCUT2D eigenvalue weighted by atomic mass is 10.0. The molecular weight excluding hydrogens is 973 g/mol. The van der Waals surface area contributed by atoms with Crippen LogP contribution in [0.2, 0.25) is 0 Å². The van der Waals surface area contributed by atoms with Crippen molar-refractivity contribution >= 4 is 17.9 Å². The van der Waals surface area contributed by atoms with Crippen molar-refractivity contribution in [2.24, 2.45) is 0 Å². The zero-order valence-corrected chi connectivity index (χ0v) is 53.2. The minimum Gasteiger partial charge on any atom is -0.462 e. The van der Waals surface area contributed by atoms with Gasteiger partial charge in [0.15, 0.2) is 6.10 Å². The molecule has 0 rings (SSSR count). The smallest absolute Gasteiger partial charge is 0.306 e. The second-order valence-electron chi connectivity index (χ2n) is 23.8. The van der Waals surface area contributed by atoms with Crippen molar-refractivity contribution in [2.75, 3.05) is 13.2 Å². The Hall–Kier alpha value is -2.63. The molecule has 0 aliphatic carbocycles. The molecule has 462 valence electrons. The third-order valence-electron chi connectivity index (χ3n) is 15.8. The summed E-state index contributed by atoms with van der Waals surface area (Å²) in [6.07, 6.45) is 85.7. The molecule has 0 saturated heterocycles. The van der Waals surface area contributed by atoms with Crippen molar-refractivity contribution in [3.05, 3.63) is 48.6 Å². The zero-order chi connectivity index (χ0) is 57.1. The first-order chi connectivity index (χ1) is 39.0. The lowest BCUT2D eigenvalue weighted by Gasteiger charge is -2.18. The highest BCUT2D eigenvalue weighted by Crippen LogP contribution is 2.18. The molecule has 0 aromatic heterocycles. The molecule has 6 nitrogen and oxygen atoms in total. The summed E-state index contributed by atoms with van der Waals surface area (Å²) in [7, 11) is 0. The Balaban J connectivity index is 4.23. The molecular formula is C73H134O6. The van der Waals surface area contributed by atoms with Crippen LogP contribution in [-0.2, 0) is 28.6 Å². The lowest BCUT2D eigenvalue weighted by Crippen LogP contribution is -2.30. The van der Waals surface area contributed by atoms with Crippen molar-refractivity contribution in [2.45, 2.75) is 386 Å². The van der Waals surface area contributed by atoms with Crippen LogP contribution < -0.4 is 0 Å². The van der Waals surface area contributed by atoms with Gasteiger partial charge >= 0.3 is 17.9 Å². The van der Waals surface area contributed by atoms with Gasteiger partial charge in [-0.25, -0.2) is 0 Å². The maximum Gasteiger partial charge on any atom is 0.306 e. The molecule has 0 fully saturated rings. The molecule has 0 aromatic carbocycles. The summed E-state index contributed by atoms with van der Waals surface area (Å²) in [5.41, 5.74) is 0. The van der Waals surface area contributed by atoms with Gasteiger partial charge in [-0.2, -0.15) is 0 Å². The number of esters is 3.